The molecule has 2 rings (SSSR count). The lowest BCUT2D eigenvalue weighted by atomic mass is 9.74. The highest BCUT2D eigenvalue weighted by Gasteiger charge is 2.48. The van der Waals surface area contributed by atoms with Gasteiger partial charge in [-0.1, -0.05) is 49.6 Å². The van der Waals surface area contributed by atoms with Crippen molar-refractivity contribution in [2.75, 3.05) is 13.2 Å². The Balaban J connectivity index is 1.62. The smallest absolute Gasteiger partial charge is 0.330 e. The van der Waals surface area contributed by atoms with Crippen LogP contribution in [0.5, 0.6) is 0 Å². The molecule has 6 heteroatoms. The predicted octanol–water partition coefficient (Wildman–Crippen LogP) is 3.60. The van der Waals surface area contributed by atoms with Crippen LogP contribution in [0.4, 0.5) is 0 Å². The van der Waals surface area contributed by atoms with E-state index in [1.54, 1.807) is 6.08 Å². The van der Waals surface area contributed by atoms with Gasteiger partial charge >= 0.3 is 17.9 Å². The van der Waals surface area contributed by atoms with Gasteiger partial charge in [-0.25, -0.2) is 4.79 Å². The van der Waals surface area contributed by atoms with E-state index in [-0.39, 0.29) is 13.2 Å². The van der Waals surface area contributed by atoms with E-state index in [0.717, 1.165) is 24.8 Å². The SMILES string of the molecule is O=C(C=Cc1ccccc1)OCCCCOC(=O)C1(C(=O)O)CCCCC1. The van der Waals surface area contributed by atoms with E-state index in [9.17, 15) is 19.5 Å². The average Bonchev–Trinajstić information content (AvgIpc) is 2.70. The summed E-state index contributed by atoms with van der Waals surface area (Å²) >= 11 is 0. The molecule has 1 aliphatic rings. The fourth-order valence-corrected chi connectivity index (χ4v) is 3.12. The lowest BCUT2D eigenvalue weighted by Crippen LogP contribution is -2.42. The summed E-state index contributed by atoms with van der Waals surface area (Å²) in [6, 6.07) is 9.43. The zero-order valence-corrected chi connectivity index (χ0v) is 15.4. The number of esters is 2. The molecule has 0 bridgehead atoms. The molecular formula is C21H26O6. The number of ether oxygens (including phenoxy) is 2. The second-order valence-electron chi connectivity index (χ2n) is 6.70. The topological polar surface area (TPSA) is 89.9 Å². The zero-order valence-electron chi connectivity index (χ0n) is 15.4. The van der Waals surface area contributed by atoms with Crippen molar-refractivity contribution in [2.45, 2.75) is 44.9 Å². The molecule has 0 unspecified atom stereocenters. The van der Waals surface area contributed by atoms with E-state index in [2.05, 4.69) is 0 Å². The minimum absolute atomic E-state index is 0.130. The highest BCUT2D eigenvalue weighted by molar-refractivity contribution is 5.99. The fourth-order valence-electron chi connectivity index (χ4n) is 3.12. The summed E-state index contributed by atoms with van der Waals surface area (Å²) in [5, 5.41) is 9.43. The summed E-state index contributed by atoms with van der Waals surface area (Å²) in [5.41, 5.74) is -0.469. The first-order valence-electron chi connectivity index (χ1n) is 9.35. The quantitative estimate of drug-likeness (QED) is 0.307. The molecule has 1 aromatic carbocycles. The van der Waals surface area contributed by atoms with Crippen molar-refractivity contribution in [1.82, 2.24) is 0 Å². The van der Waals surface area contributed by atoms with Gasteiger partial charge in [0.1, 0.15) is 0 Å². The van der Waals surface area contributed by atoms with Crippen LogP contribution in [-0.2, 0) is 23.9 Å². The van der Waals surface area contributed by atoms with Crippen LogP contribution in [0, 0.1) is 5.41 Å². The van der Waals surface area contributed by atoms with Gasteiger partial charge in [0, 0.05) is 6.08 Å². The van der Waals surface area contributed by atoms with Crippen LogP contribution in [0.15, 0.2) is 36.4 Å². The number of carbonyl (C=O) groups excluding carboxylic acids is 2. The van der Waals surface area contributed by atoms with Gasteiger partial charge in [0.25, 0.3) is 0 Å². The lowest BCUT2D eigenvalue weighted by Gasteiger charge is -2.30. The summed E-state index contributed by atoms with van der Waals surface area (Å²) in [4.78, 5) is 35.4. The molecule has 6 nitrogen and oxygen atoms in total. The van der Waals surface area contributed by atoms with Crippen LogP contribution in [0.1, 0.15) is 50.5 Å². The molecule has 146 valence electrons. The second-order valence-corrected chi connectivity index (χ2v) is 6.70. The van der Waals surface area contributed by atoms with Gasteiger partial charge in [-0.3, -0.25) is 9.59 Å². The molecule has 0 spiro atoms. The largest absolute Gasteiger partial charge is 0.480 e. The third kappa shape index (κ3) is 6.24. The minimum atomic E-state index is -1.38. The monoisotopic (exact) mass is 374 g/mol. The summed E-state index contributed by atoms with van der Waals surface area (Å²) in [7, 11) is 0. The van der Waals surface area contributed by atoms with E-state index in [0.29, 0.717) is 25.7 Å². The number of carboxylic acids is 1. The molecule has 0 heterocycles. The van der Waals surface area contributed by atoms with Crippen LogP contribution in [0.3, 0.4) is 0 Å². The van der Waals surface area contributed by atoms with E-state index in [1.807, 2.05) is 30.3 Å². The summed E-state index contributed by atoms with van der Waals surface area (Å²) in [6.45, 7) is 0.352. The van der Waals surface area contributed by atoms with E-state index in [1.165, 1.54) is 6.08 Å². The minimum Gasteiger partial charge on any atom is -0.480 e. The van der Waals surface area contributed by atoms with Crippen molar-refractivity contribution in [3.05, 3.63) is 42.0 Å². The Bertz CT molecular complexity index is 659. The van der Waals surface area contributed by atoms with Crippen LogP contribution in [0.2, 0.25) is 0 Å². The van der Waals surface area contributed by atoms with Crippen LogP contribution in [0.25, 0.3) is 6.08 Å². The molecule has 0 saturated heterocycles. The maximum absolute atomic E-state index is 12.2. The Morgan fingerprint density at radius 1 is 0.963 bits per heavy atom. The van der Waals surface area contributed by atoms with Crippen molar-refractivity contribution >= 4 is 24.0 Å². The lowest BCUT2D eigenvalue weighted by molar-refractivity contribution is -0.171. The predicted molar refractivity (Wildman–Crippen MR) is 99.8 cm³/mol. The molecule has 0 atom stereocenters. The third-order valence-electron chi connectivity index (χ3n) is 4.73. The number of benzene rings is 1. The Morgan fingerprint density at radius 3 is 2.22 bits per heavy atom. The third-order valence-corrected chi connectivity index (χ3v) is 4.73. The Morgan fingerprint density at radius 2 is 1.59 bits per heavy atom. The van der Waals surface area contributed by atoms with Crippen molar-refractivity contribution in [2.24, 2.45) is 5.41 Å². The first-order chi connectivity index (χ1) is 13.0. The number of carboxylic acid groups (broad SMARTS) is 1. The highest BCUT2D eigenvalue weighted by atomic mass is 16.5. The zero-order chi connectivity index (χ0) is 19.5. The molecule has 0 aliphatic heterocycles. The van der Waals surface area contributed by atoms with Crippen molar-refractivity contribution in [3.8, 4) is 0 Å². The van der Waals surface area contributed by atoms with Crippen LogP contribution >= 0.6 is 0 Å². The van der Waals surface area contributed by atoms with Gasteiger partial charge < -0.3 is 14.6 Å². The average molecular weight is 374 g/mol. The molecule has 1 saturated carbocycles. The number of aliphatic carboxylic acids is 1. The summed E-state index contributed by atoms with van der Waals surface area (Å²) < 4.78 is 10.3. The maximum Gasteiger partial charge on any atom is 0.330 e. The van der Waals surface area contributed by atoms with Crippen LogP contribution < -0.4 is 0 Å². The number of unbranched alkanes of at least 4 members (excludes halogenated alkanes) is 1. The van der Waals surface area contributed by atoms with E-state index < -0.39 is 23.3 Å². The van der Waals surface area contributed by atoms with Gasteiger partial charge in [0.05, 0.1) is 13.2 Å². The first-order valence-corrected chi connectivity index (χ1v) is 9.35. The number of hydrogen-bond donors (Lipinski definition) is 1. The standard InChI is InChI=1S/C21H26O6/c22-18(12-11-17-9-3-1-4-10-17)26-15-7-8-16-27-20(25)21(19(23)24)13-5-2-6-14-21/h1,3-4,9-12H,2,5-8,13-16H2,(H,23,24). The van der Waals surface area contributed by atoms with Crippen LogP contribution in [-0.4, -0.2) is 36.2 Å². The van der Waals surface area contributed by atoms with E-state index >= 15 is 0 Å². The number of carbonyl (C=O) groups is 3. The second kappa shape index (κ2) is 10.5. The molecule has 1 N–H and O–H groups in total. The first kappa shape index (κ1) is 20.7. The summed E-state index contributed by atoms with van der Waals surface area (Å²) in [5.74, 6) is -2.16. The fraction of sp³-hybridized carbons (Fsp3) is 0.476. The van der Waals surface area contributed by atoms with Crippen molar-refractivity contribution in [3.63, 3.8) is 0 Å². The molecule has 0 amide bonds. The van der Waals surface area contributed by atoms with Gasteiger partial charge in [-0.05, 0) is 37.3 Å². The molecule has 1 aromatic rings. The van der Waals surface area contributed by atoms with Gasteiger partial charge in [-0.15, -0.1) is 0 Å². The molecule has 1 aliphatic carbocycles. The maximum atomic E-state index is 12.2. The highest BCUT2D eigenvalue weighted by Crippen LogP contribution is 2.37. The molecular weight excluding hydrogens is 348 g/mol. The number of rotatable bonds is 9. The van der Waals surface area contributed by atoms with Gasteiger partial charge in [0.2, 0.25) is 0 Å². The van der Waals surface area contributed by atoms with E-state index in [4.69, 9.17) is 9.47 Å². The molecule has 27 heavy (non-hydrogen) atoms. The van der Waals surface area contributed by atoms with Crippen molar-refractivity contribution in [1.29, 1.82) is 0 Å². The normalized spacial score (nSPS) is 16.0. The summed E-state index contributed by atoms with van der Waals surface area (Å²) in [6.07, 6.45) is 7.19. The number of hydrogen-bond acceptors (Lipinski definition) is 5. The molecule has 1 fully saturated rings. The Labute approximate surface area is 159 Å². The van der Waals surface area contributed by atoms with Gasteiger partial charge in [-0.2, -0.15) is 0 Å². The van der Waals surface area contributed by atoms with Gasteiger partial charge in [0.15, 0.2) is 5.41 Å². The molecule has 0 aromatic heterocycles. The Kier molecular flexibility index (Phi) is 8.04. The molecule has 0 radical (unpaired) electrons. The van der Waals surface area contributed by atoms with Crippen molar-refractivity contribution < 1.29 is 29.0 Å². The Hall–Kier alpha value is -2.63.